The molecule has 0 atom stereocenters. The largest absolute Gasteiger partial charge is 0.449 e. The van der Waals surface area contributed by atoms with Crippen molar-refractivity contribution in [3.8, 4) is 0 Å². The highest BCUT2D eigenvalue weighted by Gasteiger charge is 2.22. The number of rotatable bonds is 4. The lowest BCUT2D eigenvalue weighted by molar-refractivity contribution is 0.0714. The van der Waals surface area contributed by atoms with Crippen molar-refractivity contribution in [1.29, 1.82) is 0 Å². The zero-order valence-electron chi connectivity index (χ0n) is 12.0. The van der Waals surface area contributed by atoms with Crippen LogP contribution in [-0.4, -0.2) is 40.2 Å². The number of ether oxygens (including phenoxy) is 1. The number of nitrogens with zero attached hydrogens (tertiary/aromatic N) is 3. The third kappa shape index (κ3) is 2.97. The second-order valence-corrected chi connectivity index (χ2v) is 5.77. The van der Waals surface area contributed by atoms with Crippen molar-refractivity contribution in [2.45, 2.75) is 51.0 Å². The Morgan fingerprint density at radius 1 is 1.20 bits per heavy atom. The Hall–Kier alpha value is -1.52. The normalized spacial score (nSPS) is 21.0. The number of carbonyl (C=O) groups is 1. The van der Waals surface area contributed by atoms with E-state index in [1.165, 1.54) is 37.9 Å². The molecule has 20 heavy (non-hydrogen) atoms. The summed E-state index contributed by atoms with van der Waals surface area (Å²) < 4.78 is 7.29. The van der Waals surface area contributed by atoms with Gasteiger partial charge in [0.2, 0.25) is 0 Å². The van der Waals surface area contributed by atoms with Crippen LogP contribution in [0.25, 0.3) is 0 Å². The van der Waals surface area contributed by atoms with Gasteiger partial charge in [0.05, 0.1) is 6.61 Å². The van der Waals surface area contributed by atoms with E-state index in [2.05, 4.69) is 9.55 Å². The molecule has 0 bridgehead atoms. The van der Waals surface area contributed by atoms with E-state index in [-0.39, 0.29) is 6.09 Å². The Bertz CT molecular complexity index is 452. The maximum absolute atomic E-state index is 11.6. The molecular formula is C15H23N3O2. The van der Waals surface area contributed by atoms with Crippen molar-refractivity contribution in [2.24, 2.45) is 0 Å². The van der Waals surface area contributed by atoms with Gasteiger partial charge in [0.15, 0.2) is 0 Å². The number of amides is 1. The monoisotopic (exact) mass is 277 g/mol. The third-order valence-corrected chi connectivity index (χ3v) is 4.38. The number of hydrogen-bond donors (Lipinski definition) is 0. The molecule has 1 aromatic rings. The van der Waals surface area contributed by atoms with Crippen molar-refractivity contribution >= 4 is 6.09 Å². The summed E-state index contributed by atoms with van der Waals surface area (Å²) in [7, 11) is 0. The Morgan fingerprint density at radius 2 is 2.05 bits per heavy atom. The molecule has 2 aliphatic rings. The van der Waals surface area contributed by atoms with Crippen LogP contribution in [0, 0.1) is 0 Å². The van der Waals surface area contributed by atoms with Gasteiger partial charge in [-0.1, -0.05) is 19.3 Å². The van der Waals surface area contributed by atoms with Crippen molar-refractivity contribution in [3.05, 3.63) is 18.2 Å². The van der Waals surface area contributed by atoms with Gasteiger partial charge in [0, 0.05) is 37.9 Å². The number of imidazole rings is 1. The minimum atomic E-state index is -0.171. The molecule has 2 fully saturated rings. The molecule has 1 aliphatic heterocycles. The van der Waals surface area contributed by atoms with E-state index in [0.717, 1.165) is 26.1 Å². The predicted octanol–water partition coefficient (Wildman–Crippen LogP) is 2.77. The molecule has 1 amide bonds. The van der Waals surface area contributed by atoms with Gasteiger partial charge in [-0.15, -0.1) is 0 Å². The number of aromatic nitrogens is 2. The highest BCUT2D eigenvalue weighted by molar-refractivity contribution is 5.68. The highest BCUT2D eigenvalue weighted by atomic mass is 16.6. The first-order valence-electron chi connectivity index (χ1n) is 7.77. The summed E-state index contributed by atoms with van der Waals surface area (Å²) in [6.07, 6.45) is 11.2. The molecule has 0 N–H and O–H groups in total. The number of hydrogen-bond acceptors (Lipinski definition) is 3. The van der Waals surface area contributed by atoms with Gasteiger partial charge in [0.1, 0.15) is 5.82 Å². The maximum atomic E-state index is 11.6. The topological polar surface area (TPSA) is 47.4 Å². The first-order valence-corrected chi connectivity index (χ1v) is 7.77. The van der Waals surface area contributed by atoms with Gasteiger partial charge in [-0.3, -0.25) is 0 Å². The van der Waals surface area contributed by atoms with Crippen LogP contribution in [0.1, 0.15) is 50.3 Å². The van der Waals surface area contributed by atoms with Gasteiger partial charge in [-0.05, 0) is 19.3 Å². The fourth-order valence-electron chi connectivity index (χ4n) is 3.26. The Labute approximate surface area is 119 Å². The van der Waals surface area contributed by atoms with Crippen molar-refractivity contribution in [2.75, 3.05) is 19.7 Å². The van der Waals surface area contributed by atoms with Crippen LogP contribution in [0.4, 0.5) is 4.79 Å². The Morgan fingerprint density at radius 3 is 2.85 bits per heavy atom. The summed E-state index contributed by atoms with van der Waals surface area (Å²) in [6.45, 7) is 2.91. The minimum absolute atomic E-state index is 0.171. The lowest BCUT2D eigenvalue weighted by Gasteiger charge is -2.27. The second kappa shape index (κ2) is 6.29. The van der Waals surface area contributed by atoms with Crippen molar-refractivity contribution < 1.29 is 9.53 Å². The van der Waals surface area contributed by atoms with Crippen molar-refractivity contribution in [1.82, 2.24) is 14.5 Å². The quantitative estimate of drug-likeness (QED) is 0.850. The van der Waals surface area contributed by atoms with Gasteiger partial charge < -0.3 is 14.2 Å². The summed E-state index contributed by atoms with van der Waals surface area (Å²) in [5, 5.41) is 0. The molecule has 0 unspecified atom stereocenters. The molecule has 0 radical (unpaired) electrons. The molecule has 1 aromatic heterocycles. The average molecular weight is 277 g/mol. The van der Waals surface area contributed by atoms with Crippen LogP contribution in [0.3, 0.4) is 0 Å². The molecule has 1 saturated carbocycles. The zero-order chi connectivity index (χ0) is 13.8. The highest BCUT2D eigenvalue weighted by Crippen LogP contribution is 2.31. The van der Waals surface area contributed by atoms with E-state index < -0.39 is 0 Å². The second-order valence-electron chi connectivity index (χ2n) is 5.77. The van der Waals surface area contributed by atoms with Gasteiger partial charge in [-0.25, -0.2) is 9.78 Å². The Balaban J connectivity index is 1.60. The first kappa shape index (κ1) is 13.5. The molecule has 0 aromatic carbocycles. The van der Waals surface area contributed by atoms with E-state index in [0.29, 0.717) is 12.5 Å². The van der Waals surface area contributed by atoms with Gasteiger partial charge in [-0.2, -0.15) is 0 Å². The van der Waals surface area contributed by atoms with E-state index in [9.17, 15) is 4.79 Å². The molecule has 110 valence electrons. The molecule has 0 spiro atoms. The van der Waals surface area contributed by atoms with E-state index in [4.69, 9.17) is 4.74 Å². The molecule has 5 heteroatoms. The smallest absolute Gasteiger partial charge is 0.409 e. The SMILES string of the molecule is O=C1OCCCN1CCn1ccnc1C1CCCCC1. The number of cyclic esters (lactones) is 1. The fourth-order valence-corrected chi connectivity index (χ4v) is 3.26. The van der Waals surface area contributed by atoms with E-state index in [1.807, 2.05) is 12.4 Å². The van der Waals surface area contributed by atoms with Crippen LogP contribution in [-0.2, 0) is 11.3 Å². The van der Waals surface area contributed by atoms with E-state index in [1.54, 1.807) is 4.90 Å². The Kier molecular flexibility index (Phi) is 4.23. The predicted molar refractivity (Wildman–Crippen MR) is 75.6 cm³/mol. The summed E-state index contributed by atoms with van der Waals surface area (Å²) >= 11 is 0. The van der Waals surface area contributed by atoms with Crippen LogP contribution in [0.5, 0.6) is 0 Å². The number of carbonyl (C=O) groups excluding carboxylic acids is 1. The summed E-state index contributed by atoms with van der Waals surface area (Å²) in [6, 6.07) is 0. The van der Waals surface area contributed by atoms with Gasteiger partial charge >= 0.3 is 6.09 Å². The average Bonchev–Trinajstić information content (AvgIpc) is 2.96. The van der Waals surface area contributed by atoms with Gasteiger partial charge in [0.25, 0.3) is 0 Å². The van der Waals surface area contributed by atoms with E-state index >= 15 is 0 Å². The van der Waals surface area contributed by atoms with Crippen molar-refractivity contribution in [3.63, 3.8) is 0 Å². The van der Waals surface area contributed by atoms with Crippen LogP contribution < -0.4 is 0 Å². The summed E-state index contributed by atoms with van der Waals surface area (Å²) in [5.41, 5.74) is 0. The summed E-state index contributed by atoms with van der Waals surface area (Å²) in [4.78, 5) is 18.0. The third-order valence-electron chi connectivity index (χ3n) is 4.38. The molecule has 1 aliphatic carbocycles. The standard InChI is InChI=1S/C15H23N3O2/c19-15-18(8-4-12-20-15)11-10-17-9-7-16-14(17)13-5-2-1-3-6-13/h7,9,13H,1-6,8,10-12H2. The molecule has 5 nitrogen and oxygen atoms in total. The lowest BCUT2D eigenvalue weighted by atomic mass is 9.88. The zero-order valence-corrected chi connectivity index (χ0v) is 12.0. The van der Waals surface area contributed by atoms with Crippen LogP contribution in [0.15, 0.2) is 12.4 Å². The lowest BCUT2D eigenvalue weighted by Crippen LogP contribution is -2.39. The molecule has 1 saturated heterocycles. The minimum Gasteiger partial charge on any atom is -0.449 e. The first-order chi connectivity index (χ1) is 9.84. The fraction of sp³-hybridized carbons (Fsp3) is 0.733. The summed E-state index contributed by atoms with van der Waals surface area (Å²) in [5.74, 6) is 1.81. The molecule has 3 rings (SSSR count). The maximum Gasteiger partial charge on any atom is 0.409 e. The van der Waals surface area contributed by atoms with Crippen LogP contribution in [0.2, 0.25) is 0 Å². The molecular weight excluding hydrogens is 254 g/mol. The molecule has 2 heterocycles. The van der Waals surface area contributed by atoms with Crippen LogP contribution >= 0.6 is 0 Å².